The fourth-order valence-electron chi connectivity index (χ4n) is 2.42. The lowest BCUT2D eigenvalue weighted by Crippen LogP contribution is -2.31. The van der Waals surface area contributed by atoms with Crippen molar-refractivity contribution in [3.8, 4) is 0 Å². The summed E-state index contributed by atoms with van der Waals surface area (Å²) in [4.78, 5) is 25.7. The van der Waals surface area contributed by atoms with Gasteiger partial charge in [-0.25, -0.2) is 4.79 Å². The highest BCUT2D eigenvalue weighted by molar-refractivity contribution is 7.10. The second-order valence-corrected chi connectivity index (χ2v) is 8.40. The van der Waals surface area contributed by atoms with Gasteiger partial charge in [-0.15, -0.1) is 11.3 Å². The van der Waals surface area contributed by atoms with Gasteiger partial charge in [0.15, 0.2) is 0 Å². The summed E-state index contributed by atoms with van der Waals surface area (Å²) in [5.74, 6) is 0.0885. The summed E-state index contributed by atoms with van der Waals surface area (Å²) in [5, 5.41) is 7.74. The van der Waals surface area contributed by atoms with Gasteiger partial charge in [0.25, 0.3) is 5.91 Å². The number of amides is 2. The quantitative estimate of drug-likeness (QED) is 0.754. The zero-order valence-electron chi connectivity index (χ0n) is 15.8. The van der Waals surface area contributed by atoms with Crippen molar-refractivity contribution in [2.24, 2.45) is 5.92 Å². The predicted molar refractivity (Wildman–Crippen MR) is 106 cm³/mol. The second-order valence-electron chi connectivity index (χ2n) is 7.42. The molecule has 0 saturated heterocycles. The van der Waals surface area contributed by atoms with Crippen LogP contribution in [0.15, 0.2) is 41.8 Å². The van der Waals surface area contributed by atoms with Gasteiger partial charge in [0, 0.05) is 16.1 Å². The van der Waals surface area contributed by atoms with E-state index in [4.69, 9.17) is 4.74 Å². The summed E-state index contributed by atoms with van der Waals surface area (Å²) in [7, 11) is 0. The third-order valence-electron chi connectivity index (χ3n) is 3.57. The first kappa shape index (κ1) is 20.0. The maximum Gasteiger partial charge on any atom is 0.412 e. The third kappa shape index (κ3) is 5.88. The van der Waals surface area contributed by atoms with Gasteiger partial charge in [0.1, 0.15) is 5.60 Å². The van der Waals surface area contributed by atoms with Crippen LogP contribution in [0.5, 0.6) is 0 Å². The van der Waals surface area contributed by atoms with Gasteiger partial charge in [-0.3, -0.25) is 10.1 Å². The molecule has 2 aromatic rings. The molecular weight excluding hydrogens is 348 g/mol. The molecule has 1 aromatic heterocycles. The van der Waals surface area contributed by atoms with E-state index in [1.807, 2.05) is 17.5 Å². The average molecular weight is 375 g/mol. The monoisotopic (exact) mass is 374 g/mol. The molecule has 6 heteroatoms. The summed E-state index contributed by atoms with van der Waals surface area (Å²) in [6.07, 6.45) is -0.547. The molecule has 2 amide bonds. The van der Waals surface area contributed by atoms with E-state index in [0.29, 0.717) is 11.3 Å². The van der Waals surface area contributed by atoms with Gasteiger partial charge >= 0.3 is 6.09 Å². The lowest BCUT2D eigenvalue weighted by Gasteiger charge is -2.22. The van der Waals surface area contributed by atoms with Gasteiger partial charge in [-0.1, -0.05) is 26.0 Å². The van der Waals surface area contributed by atoms with Crippen LogP contribution >= 0.6 is 11.3 Å². The van der Waals surface area contributed by atoms with Crippen molar-refractivity contribution in [1.82, 2.24) is 5.32 Å². The van der Waals surface area contributed by atoms with Crippen LogP contribution in [-0.4, -0.2) is 17.6 Å². The standard InChI is InChI=1S/C20H26N2O3S/c1-13(2)17(16-10-7-11-26-16)22-18(23)14-8-6-9-15(12-14)21-19(24)25-20(3,4)5/h6-13,17H,1-5H3,(H,21,24)(H,22,23)/t17-/m0/s1. The summed E-state index contributed by atoms with van der Waals surface area (Å²) in [6.45, 7) is 9.55. The van der Waals surface area contributed by atoms with Gasteiger partial charge in [0.2, 0.25) is 0 Å². The minimum absolute atomic E-state index is 0.0510. The van der Waals surface area contributed by atoms with Crippen molar-refractivity contribution < 1.29 is 14.3 Å². The summed E-state index contributed by atoms with van der Waals surface area (Å²) >= 11 is 1.63. The van der Waals surface area contributed by atoms with Crippen molar-refractivity contribution in [3.05, 3.63) is 52.2 Å². The molecule has 1 atom stereocenters. The fraction of sp³-hybridized carbons (Fsp3) is 0.400. The van der Waals surface area contributed by atoms with E-state index < -0.39 is 11.7 Å². The Balaban J connectivity index is 2.08. The first-order chi connectivity index (χ1) is 12.2. The van der Waals surface area contributed by atoms with Crippen LogP contribution in [0, 0.1) is 5.92 Å². The molecule has 0 spiro atoms. The highest BCUT2D eigenvalue weighted by Gasteiger charge is 2.21. The zero-order chi connectivity index (χ0) is 19.3. The minimum Gasteiger partial charge on any atom is -0.444 e. The zero-order valence-corrected chi connectivity index (χ0v) is 16.6. The van der Waals surface area contributed by atoms with Crippen LogP contribution in [0.4, 0.5) is 10.5 Å². The molecule has 0 unspecified atom stereocenters. The first-order valence-electron chi connectivity index (χ1n) is 8.60. The van der Waals surface area contributed by atoms with E-state index in [-0.39, 0.29) is 17.9 Å². The molecule has 0 radical (unpaired) electrons. The summed E-state index contributed by atoms with van der Waals surface area (Å²) in [6, 6.07) is 10.8. The van der Waals surface area contributed by atoms with Crippen molar-refractivity contribution in [3.63, 3.8) is 0 Å². The van der Waals surface area contributed by atoms with Crippen molar-refractivity contribution in [2.45, 2.75) is 46.3 Å². The Bertz CT molecular complexity index is 749. The number of benzene rings is 1. The van der Waals surface area contributed by atoms with E-state index in [1.54, 1.807) is 56.4 Å². The van der Waals surface area contributed by atoms with E-state index >= 15 is 0 Å². The van der Waals surface area contributed by atoms with Crippen LogP contribution in [0.1, 0.15) is 55.9 Å². The SMILES string of the molecule is CC(C)[C@H](NC(=O)c1cccc(NC(=O)OC(C)(C)C)c1)c1cccs1. The summed E-state index contributed by atoms with van der Waals surface area (Å²) < 4.78 is 5.24. The van der Waals surface area contributed by atoms with Crippen LogP contribution in [0.3, 0.4) is 0 Å². The van der Waals surface area contributed by atoms with E-state index in [9.17, 15) is 9.59 Å². The number of hydrogen-bond donors (Lipinski definition) is 2. The Hall–Kier alpha value is -2.34. The average Bonchev–Trinajstić information content (AvgIpc) is 3.04. The molecule has 140 valence electrons. The number of thiophene rings is 1. The number of carbonyl (C=O) groups is 2. The maximum atomic E-state index is 12.7. The maximum absolute atomic E-state index is 12.7. The molecule has 26 heavy (non-hydrogen) atoms. The molecule has 2 N–H and O–H groups in total. The molecule has 0 bridgehead atoms. The number of nitrogens with one attached hydrogen (secondary N) is 2. The molecule has 0 aliphatic heterocycles. The topological polar surface area (TPSA) is 67.4 Å². The molecule has 1 aromatic carbocycles. The van der Waals surface area contributed by atoms with Gasteiger partial charge in [-0.2, -0.15) is 0 Å². The number of anilines is 1. The smallest absolute Gasteiger partial charge is 0.412 e. The molecule has 0 aliphatic rings. The number of hydrogen-bond acceptors (Lipinski definition) is 4. The van der Waals surface area contributed by atoms with E-state index in [2.05, 4.69) is 24.5 Å². The van der Waals surface area contributed by atoms with Crippen molar-refractivity contribution in [1.29, 1.82) is 0 Å². The molecule has 1 heterocycles. The Morgan fingerprint density at radius 2 is 1.85 bits per heavy atom. The lowest BCUT2D eigenvalue weighted by atomic mass is 10.0. The highest BCUT2D eigenvalue weighted by Crippen LogP contribution is 2.26. The number of rotatable bonds is 5. The molecular formula is C20H26N2O3S. The normalized spacial score (nSPS) is 12.5. The lowest BCUT2D eigenvalue weighted by molar-refractivity contribution is 0.0635. The Labute approximate surface area is 158 Å². The van der Waals surface area contributed by atoms with Gasteiger partial charge < -0.3 is 10.1 Å². The van der Waals surface area contributed by atoms with Crippen LogP contribution < -0.4 is 10.6 Å². The number of carbonyl (C=O) groups excluding carboxylic acids is 2. The van der Waals surface area contributed by atoms with Crippen LogP contribution in [0.25, 0.3) is 0 Å². The minimum atomic E-state index is -0.579. The Kier molecular flexibility index (Phi) is 6.42. The van der Waals surface area contributed by atoms with Crippen LogP contribution in [0.2, 0.25) is 0 Å². The summed E-state index contributed by atoms with van der Waals surface area (Å²) in [5.41, 5.74) is 0.425. The van der Waals surface area contributed by atoms with Gasteiger partial charge in [-0.05, 0) is 56.3 Å². The van der Waals surface area contributed by atoms with Crippen molar-refractivity contribution in [2.75, 3.05) is 5.32 Å². The third-order valence-corrected chi connectivity index (χ3v) is 4.53. The molecule has 5 nitrogen and oxygen atoms in total. The Morgan fingerprint density at radius 1 is 1.12 bits per heavy atom. The second kappa shape index (κ2) is 8.36. The molecule has 0 saturated carbocycles. The van der Waals surface area contributed by atoms with E-state index in [1.165, 1.54) is 0 Å². The van der Waals surface area contributed by atoms with E-state index in [0.717, 1.165) is 4.88 Å². The fourth-order valence-corrected chi connectivity index (χ4v) is 3.37. The van der Waals surface area contributed by atoms with Crippen molar-refractivity contribution >= 4 is 29.0 Å². The molecule has 0 fully saturated rings. The van der Waals surface area contributed by atoms with Gasteiger partial charge in [0.05, 0.1) is 6.04 Å². The van der Waals surface area contributed by atoms with Crippen LogP contribution in [-0.2, 0) is 4.74 Å². The number of ether oxygens (including phenoxy) is 1. The first-order valence-corrected chi connectivity index (χ1v) is 9.48. The molecule has 2 rings (SSSR count). The predicted octanol–water partition coefficient (Wildman–Crippen LogP) is 5.22. The highest BCUT2D eigenvalue weighted by atomic mass is 32.1. The Morgan fingerprint density at radius 3 is 2.42 bits per heavy atom. The molecule has 0 aliphatic carbocycles. The largest absolute Gasteiger partial charge is 0.444 e.